The highest BCUT2D eigenvalue weighted by Crippen LogP contribution is 2.26. The van der Waals surface area contributed by atoms with E-state index in [0.717, 1.165) is 18.4 Å². The van der Waals surface area contributed by atoms with Crippen LogP contribution in [-0.2, 0) is 12.8 Å². The van der Waals surface area contributed by atoms with Crippen LogP contribution >= 0.6 is 23.2 Å². The number of rotatable bonds is 5. The second-order valence-electron chi connectivity index (χ2n) is 5.40. The van der Waals surface area contributed by atoms with Gasteiger partial charge in [-0.1, -0.05) is 53.5 Å². The number of nitrogens with two attached hydrogens (primary N) is 1. The van der Waals surface area contributed by atoms with Crippen molar-refractivity contribution in [2.24, 2.45) is 5.84 Å². The smallest absolute Gasteiger partial charge is 0.0624 e. The Hall–Kier alpha value is -1.06. The molecule has 3 N–H and O–H groups in total. The highest BCUT2D eigenvalue weighted by Gasteiger charge is 2.13. The van der Waals surface area contributed by atoms with E-state index in [-0.39, 0.29) is 6.04 Å². The molecule has 2 aromatic carbocycles. The predicted octanol–water partition coefficient (Wildman–Crippen LogP) is 4.23. The molecule has 0 bridgehead atoms. The summed E-state index contributed by atoms with van der Waals surface area (Å²) >= 11 is 12.3. The van der Waals surface area contributed by atoms with E-state index in [2.05, 4.69) is 37.5 Å². The second-order valence-corrected chi connectivity index (χ2v) is 6.19. The molecule has 0 heterocycles. The van der Waals surface area contributed by atoms with Gasteiger partial charge >= 0.3 is 0 Å². The van der Waals surface area contributed by atoms with Crippen molar-refractivity contribution in [2.75, 3.05) is 0 Å². The lowest BCUT2D eigenvalue weighted by Gasteiger charge is -2.18. The van der Waals surface area contributed by atoms with Gasteiger partial charge in [-0.05, 0) is 55.0 Å². The van der Waals surface area contributed by atoms with Crippen LogP contribution in [0.2, 0.25) is 10.0 Å². The molecule has 2 rings (SSSR count). The SMILES string of the molecule is Cc1ccc(CC(Cc2cccc(Cl)c2Cl)NN)cc1C. The minimum atomic E-state index is 0.114. The molecule has 0 aromatic heterocycles. The molecule has 112 valence electrons. The van der Waals surface area contributed by atoms with Crippen molar-refractivity contribution in [1.29, 1.82) is 0 Å². The number of benzene rings is 2. The third kappa shape index (κ3) is 4.21. The van der Waals surface area contributed by atoms with E-state index < -0.39 is 0 Å². The summed E-state index contributed by atoms with van der Waals surface area (Å²) < 4.78 is 0. The molecule has 0 fully saturated rings. The Kier molecular flexibility index (Phi) is 5.65. The van der Waals surface area contributed by atoms with Crippen LogP contribution in [-0.4, -0.2) is 6.04 Å². The monoisotopic (exact) mass is 322 g/mol. The van der Waals surface area contributed by atoms with Crippen LogP contribution in [0.4, 0.5) is 0 Å². The molecule has 0 amide bonds. The van der Waals surface area contributed by atoms with Crippen LogP contribution in [0.5, 0.6) is 0 Å². The topological polar surface area (TPSA) is 38.0 Å². The first-order chi connectivity index (χ1) is 10.0. The summed E-state index contributed by atoms with van der Waals surface area (Å²) in [6, 6.07) is 12.3. The van der Waals surface area contributed by atoms with E-state index in [4.69, 9.17) is 29.0 Å². The van der Waals surface area contributed by atoms with Gasteiger partial charge in [0.15, 0.2) is 0 Å². The van der Waals surface area contributed by atoms with Crippen molar-refractivity contribution in [3.05, 3.63) is 68.7 Å². The number of nitrogens with one attached hydrogen (secondary N) is 1. The van der Waals surface area contributed by atoms with Gasteiger partial charge in [-0.15, -0.1) is 0 Å². The molecule has 4 heteroatoms. The van der Waals surface area contributed by atoms with Crippen molar-refractivity contribution in [3.8, 4) is 0 Å². The summed E-state index contributed by atoms with van der Waals surface area (Å²) in [5, 5.41) is 1.19. The fourth-order valence-corrected chi connectivity index (χ4v) is 2.77. The standard InChI is InChI=1S/C17H20Cl2N2/c1-11-6-7-13(8-12(11)2)9-15(21-20)10-14-4-3-5-16(18)17(14)19/h3-8,15,21H,9-10,20H2,1-2H3. The molecule has 0 radical (unpaired) electrons. The third-order valence-electron chi connectivity index (χ3n) is 3.79. The number of hydrogen-bond acceptors (Lipinski definition) is 2. The molecular weight excluding hydrogens is 303 g/mol. The zero-order valence-electron chi connectivity index (χ0n) is 12.3. The summed E-state index contributed by atoms with van der Waals surface area (Å²) in [5.74, 6) is 5.70. The van der Waals surface area contributed by atoms with Crippen molar-refractivity contribution in [2.45, 2.75) is 32.7 Å². The Labute approximate surface area is 136 Å². The van der Waals surface area contributed by atoms with Gasteiger partial charge < -0.3 is 0 Å². The minimum absolute atomic E-state index is 0.114. The van der Waals surface area contributed by atoms with Crippen molar-refractivity contribution in [3.63, 3.8) is 0 Å². The molecule has 0 aliphatic heterocycles. The Morgan fingerprint density at radius 1 is 1.05 bits per heavy atom. The maximum absolute atomic E-state index is 6.24. The summed E-state index contributed by atoms with van der Waals surface area (Å²) in [6.07, 6.45) is 1.59. The van der Waals surface area contributed by atoms with Crippen molar-refractivity contribution in [1.82, 2.24) is 5.43 Å². The van der Waals surface area contributed by atoms with Gasteiger partial charge in [0.1, 0.15) is 0 Å². The van der Waals surface area contributed by atoms with Crippen molar-refractivity contribution < 1.29 is 0 Å². The zero-order valence-corrected chi connectivity index (χ0v) is 13.8. The van der Waals surface area contributed by atoms with Gasteiger partial charge in [-0.25, -0.2) is 0 Å². The van der Waals surface area contributed by atoms with E-state index in [1.54, 1.807) is 6.07 Å². The maximum Gasteiger partial charge on any atom is 0.0624 e. The lowest BCUT2D eigenvalue weighted by Crippen LogP contribution is -2.38. The maximum atomic E-state index is 6.24. The first-order valence-electron chi connectivity index (χ1n) is 6.96. The lowest BCUT2D eigenvalue weighted by atomic mass is 9.97. The van der Waals surface area contributed by atoms with Gasteiger partial charge in [0.25, 0.3) is 0 Å². The number of hydrogen-bond donors (Lipinski definition) is 2. The van der Waals surface area contributed by atoms with Gasteiger partial charge in [0, 0.05) is 6.04 Å². The zero-order chi connectivity index (χ0) is 15.4. The normalized spacial score (nSPS) is 12.4. The molecule has 0 saturated heterocycles. The second kappa shape index (κ2) is 7.28. The highest BCUT2D eigenvalue weighted by molar-refractivity contribution is 6.42. The molecule has 0 aliphatic rings. The van der Waals surface area contributed by atoms with E-state index in [1.807, 2.05) is 12.1 Å². The Morgan fingerprint density at radius 3 is 2.48 bits per heavy atom. The Balaban J connectivity index is 2.13. The molecule has 1 atom stereocenters. The summed E-state index contributed by atoms with van der Waals surface area (Å²) in [6.45, 7) is 4.24. The highest BCUT2D eigenvalue weighted by atomic mass is 35.5. The third-order valence-corrected chi connectivity index (χ3v) is 4.65. The van der Waals surface area contributed by atoms with E-state index in [9.17, 15) is 0 Å². The number of halogens is 2. The molecular formula is C17H20Cl2N2. The molecule has 0 aliphatic carbocycles. The largest absolute Gasteiger partial charge is 0.271 e. The first kappa shape index (κ1) is 16.3. The van der Waals surface area contributed by atoms with E-state index in [0.29, 0.717) is 10.0 Å². The molecule has 0 saturated carbocycles. The summed E-state index contributed by atoms with van der Waals surface area (Å²) in [4.78, 5) is 0. The fourth-order valence-electron chi connectivity index (χ4n) is 2.38. The van der Waals surface area contributed by atoms with Gasteiger partial charge in [-0.3, -0.25) is 11.3 Å². The van der Waals surface area contributed by atoms with Crippen LogP contribution in [0.1, 0.15) is 22.3 Å². The average molecular weight is 323 g/mol. The molecule has 2 nitrogen and oxygen atoms in total. The summed E-state index contributed by atoms with van der Waals surface area (Å²) in [7, 11) is 0. The van der Waals surface area contributed by atoms with E-state index in [1.165, 1.54) is 16.7 Å². The number of aryl methyl sites for hydroxylation is 2. The molecule has 1 unspecified atom stereocenters. The van der Waals surface area contributed by atoms with Crippen LogP contribution in [0, 0.1) is 13.8 Å². The number of hydrazine groups is 1. The quantitative estimate of drug-likeness (QED) is 0.638. The lowest BCUT2D eigenvalue weighted by molar-refractivity contribution is 0.522. The Bertz CT molecular complexity index is 626. The van der Waals surface area contributed by atoms with Gasteiger partial charge in [0.2, 0.25) is 0 Å². The van der Waals surface area contributed by atoms with Crippen LogP contribution in [0.25, 0.3) is 0 Å². The average Bonchev–Trinajstić information content (AvgIpc) is 2.47. The van der Waals surface area contributed by atoms with Crippen LogP contribution in [0.15, 0.2) is 36.4 Å². The van der Waals surface area contributed by atoms with Crippen LogP contribution < -0.4 is 11.3 Å². The first-order valence-corrected chi connectivity index (χ1v) is 7.72. The van der Waals surface area contributed by atoms with Crippen LogP contribution in [0.3, 0.4) is 0 Å². The minimum Gasteiger partial charge on any atom is -0.271 e. The fraction of sp³-hybridized carbons (Fsp3) is 0.294. The summed E-state index contributed by atoms with van der Waals surface area (Å²) in [5.41, 5.74) is 7.75. The van der Waals surface area contributed by atoms with E-state index >= 15 is 0 Å². The Morgan fingerprint density at radius 2 is 1.81 bits per heavy atom. The van der Waals surface area contributed by atoms with Gasteiger partial charge in [0.05, 0.1) is 10.0 Å². The predicted molar refractivity (Wildman–Crippen MR) is 90.9 cm³/mol. The molecule has 21 heavy (non-hydrogen) atoms. The molecule has 0 spiro atoms. The van der Waals surface area contributed by atoms with Gasteiger partial charge in [-0.2, -0.15) is 0 Å². The molecule has 2 aromatic rings. The van der Waals surface area contributed by atoms with Crippen molar-refractivity contribution >= 4 is 23.2 Å².